The quantitative estimate of drug-likeness (QED) is 0.0889. The van der Waals surface area contributed by atoms with Crippen LogP contribution in [0, 0.1) is 38.5 Å². The molecule has 0 amide bonds. The third-order valence-corrected chi connectivity index (χ3v) is 13.3. The van der Waals surface area contributed by atoms with E-state index in [1.165, 1.54) is 155 Å². The van der Waals surface area contributed by atoms with Gasteiger partial charge in [-0.1, -0.05) is 144 Å². The van der Waals surface area contributed by atoms with Crippen molar-refractivity contribution >= 4 is 0 Å². The second kappa shape index (κ2) is 38.6. The molecule has 2 rings (SSSR count). The van der Waals surface area contributed by atoms with E-state index in [2.05, 4.69) is 181 Å². The van der Waals surface area contributed by atoms with Crippen molar-refractivity contribution in [2.24, 2.45) is 17.8 Å². The Bertz CT molecular complexity index is 1410. The predicted octanol–water partition coefficient (Wildman–Crippen LogP) is 21.8. The second-order valence-corrected chi connectivity index (χ2v) is 21.3. The highest BCUT2D eigenvalue weighted by Gasteiger charge is 2.31. The molecule has 1 aliphatic heterocycles. The first-order valence-electron chi connectivity index (χ1n) is 26.8. The number of ether oxygens (including phenoxy) is 1. The van der Waals surface area contributed by atoms with Crippen molar-refractivity contribution in [3.63, 3.8) is 0 Å². The summed E-state index contributed by atoms with van der Waals surface area (Å²) < 4.78 is 6.24. The third kappa shape index (κ3) is 34.8. The van der Waals surface area contributed by atoms with Crippen LogP contribution in [0.4, 0.5) is 0 Å². The maximum absolute atomic E-state index is 6.24. The fourth-order valence-corrected chi connectivity index (χ4v) is 8.36. The van der Waals surface area contributed by atoms with Crippen molar-refractivity contribution in [3.8, 4) is 5.75 Å². The molecule has 0 aromatic heterocycles. The molecule has 0 radical (unpaired) electrons. The summed E-state index contributed by atoms with van der Waals surface area (Å²) in [6.45, 7) is 44.7. The maximum atomic E-state index is 6.24. The minimum Gasteiger partial charge on any atom is -0.487 e. The van der Waals surface area contributed by atoms with Crippen LogP contribution in [0.3, 0.4) is 0 Å². The molecule has 4 atom stereocenters. The van der Waals surface area contributed by atoms with E-state index >= 15 is 0 Å². The molecule has 64 heavy (non-hydrogen) atoms. The topological polar surface area (TPSA) is 9.23 Å². The van der Waals surface area contributed by atoms with Gasteiger partial charge in [0.15, 0.2) is 0 Å². The molecule has 1 heterocycles. The van der Waals surface area contributed by atoms with Crippen LogP contribution in [0.25, 0.3) is 0 Å². The lowest BCUT2D eigenvalue weighted by molar-refractivity contribution is 0.0602. The van der Waals surface area contributed by atoms with Gasteiger partial charge in [0.2, 0.25) is 0 Å². The molecular weight excluding hydrogens is 773 g/mol. The lowest BCUT2D eigenvalue weighted by atomic mass is 9.87. The minimum atomic E-state index is 0.0411. The number of aryl methyl sites for hydroxylation is 2. The molecule has 1 aromatic carbocycles. The lowest BCUT2D eigenvalue weighted by Crippen LogP contribution is -2.36. The van der Waals surface area contributed by atoms with Crippen molar-refractivity contribution in [2.75, 3.05) is 0 Å². The Labute approximate surface area is 403 Å². The van der Waals surface area contributed by atoms with Gasteiger partial charge in [-0.2, -0.15) is 0 Å². The number of hydrogen-bond acceptors (Lipinski definition) is 1. The Balaban J connectivity index is 0. The SMILES string of the molecule is CC/C=C(\C)CCCC(C)CCC=C(C)C.CC/C=C(\C)CCCC(C)CCC=C(C)C.CC/C=C(\C)CCCC(C)CCC=C(C)C.CC[C@]1(C)CCc2cc(C)c(C)c(C)c2O1. The first kappa shape index (κ1) is 63.5. The normalized spacial score (nSPS) is 16.2. The van der Waals surface area contributed by atoms with Gasteiger partial charge < -0.3 is 4.74 Å². The van der Waals surface area contributed by atoms with Crippen LogP contribution in [0.5, 0.6) is 5.75 Å². The van der Waals surface area contributed by atoms with Crippen molar-refractivity contribution < 1.29 is 4.74 Å². The van der Waals surface area contributed by atoms with Gasteiger partial charge >= 0.3 is 0 Å². The molecule has 0 saturated heterocycles. The second-order valence-electron chi connectivity index (χ2n) is 21.3. The largest absolute Gasteiger partial charge is 0.487 e. The Morgan fingerprint density at radius 3 is 1.17 bits per heavy atom. The number of hydrogen-bond donors (Lipinski definition) is 0. The predicted molar refractivity (Wildman–Crippen MR) is 295 cm³/mol. The van der Waals surface area contributed by atoms with E-state index in [1.54, 1.807) is 16.7 Å². The number of benzene rings is 1. The first-order chi connectivity index (χ1) is 30.1. The summed E-state index contributed by atoms with van der Waals surface area (Å²) in [7, 11) is 0. The third-order valence-electron chi connectivity index (χ3n) is 13.3. The molecule has 0 fully saturated rings. The molecule has 0 spiro atoms. The van der Waals surface area contributed by atoms with E-state index in [0.717, 1.165) is 42.8 Å². The van der Waals surface area contributed by atoms with Crippen LogP contribution in [0.15, 0.2) is 76.0 Å². The summed E-state index contributed by atoms with van der Waals surface area (Å²) in [5.74, 6) is 3.79. The molecule has 1 aliphatic rings. The zero-order valence-electron chi connectivity index (χ0n) is 47.0. The zero-order valence-corrected chi connectivity index (χ0v) is 47.0. The summed E-state index contributed by atoms with van der Waals surface area (Å²) in [4.78, 5) is 0. The number of allylic oxidation sites excluding steroid dienone is 12. The molecule has 0 N–H and O–H groups in total. The maximum Gasteiger partial charge on any atom is 0.126 e. The van der Waals surface area contributed by atoms with Crippen LogP contribution in [-0.4, -0.2) is 5.60 Å². The molecule has 1 aromatic rings. The summed E-state index contributed by atoms with van der Waals surface area (Å²) in [5, 5.41) is 0. The highest BCUT2D eigenvalue weighted by Crippen LogP contribution is 2.39. The fraction of sp³-hybridized carbons (Fsp3) is 0.714. The van der Waals surface area contributed by atoms with E-state index < -0.39 is 0 Å². The summed E-state index contributed by atoms with van der Waals surface area (Å²) >= 11 is 0. The fourth-order valence-electron chi connectivity index (χ4n) is 8.36. The number of rotatable bonds is 25. The molecule has 3 unspecified atom stereocenters. The van der Waals surface area contributed by atoms with Gasteiger partial charge in [0.25, 0.3) is 0 Å². The zero-order chi connectivity index (χ0) is 49.1. The Hall–Kier alpha value is -2.54. The Morgan fingerprint density at radius 2 is 0.875 bits per heavy atom. The molecular formula is C63H112O. The van der Waals surface area contributed by atoms with Crippen LogP contribution in [0.2, 0.25) is 0 Å². The average Bonchev–Trinajstić information content (AvgIpc) is 3.21. The van der Waals surface area contributed by atoms with Gasteiger partial charge in [0.1, 0.15) is 11.4 Å². The van der Waals surface area contributed by atoms with Crippen LogP contribution >= 0.6 is 0 Å². The van der Waals surface area contributed by atoms with Crippen molar-refractivity contribution in [1.29, 1.82) is 0 Å². The van der Waals surface area contributed by atoms with E-state index in [1.807, 2.05) is 0 Å². The van der Waals surface area contributed by atoms with Gasteiger partial charge in [0, 0.05) is 0 Å². The molecule has 1 heteroatoms. The van der Waals surface area contributed by atoms with Crippen molar-refractivity contribution in [3.05, 3.63) is 98.2 Å². The van der Waals surface area contributed by atoms with E-state index in [-0.39, 0.29) is 5.60 Å². The van der Waals surface area contributed by atoms with Gasteiger partial charge in [-0.25, -0.2) is 0 Å². The summed E-state index contributed by atoms with van der Waals surface area (Å²) in [5.41, 5.74) is 14.6. The van der Waals surface area contributed by atoms with E-state index in [4.69, 9.17) is 4.74 Å². The Kier molecular flexibility index (Phi) is 38.3. The van der Waals surface area contributed by atoms with Crippen LogP contribution in [0.1, 0.15) is 268 Å². The van der Waals surface area contributed by atoms with E-state index in [9.17, 15) is 0 Å². The molecule has 370 valence electrons. The highest BCUT2D eigenvalue weighted by molar-refractivity contribution is 5.50. The summed E-state index contributed by atoms with van der Waals surface area (Å²) in [6, 6.07) is 2.30. The highest BCUT2D eigenvalue weighted by atomic mass is 16.5. The van der Waals surface area contributed by atoms with Crippen molar-refractivity contribution in [2.45, 2.75) is 279 Å². The lowest BCUT2D eigenvalue weighted by Gasteiger charge is -2.36. The average molecular weight is 886 g/mol. The minimum absolute atomic E-state index is 0.0411. The molecule has 0 bridgehead atoms. The summed E-state index contributed by atoms with van der Waals surface area (Å²) in [6.07, 6.45) is 41.0. The van der Waals surface area contributed by atoms with E-state index in [0.29, 0.717) is 0 Å². The number of fused-ring (bicyclic) bond motifs is 1. The molecule has 0 aliphatic carbocycles. The van der Waals surface area contributed by atoms with Gasteiger partial charge in [-0.15, -0.1) is 0 Å². The Morgan fingerprint density at radius 1 is 0.531 bits per heavy atom. The van der Waals surface area contributed by atoms with Crippen molar-refractivity contribution in [1.82, 2.24) is 0 Å². The monoisotopic (exact) mass is 885 g/mol. The molecule has 0 saturated carbocycles. The van der Waals surface area contributed by atoms with Crippen LogP contribution < -0.4 is 4.74 Å². The van der Waals surface area contributed by atoms with Crippen LogP contribution in [-0.2, 0) is 6.42 Å². The van der Waals surface area contributed by atoms with Gasteiger partial charge in [0.05, 0.1) is 0 Å². The first-order valence-corrected chi connectivity index (χ1v) is 26.8. The van der Waals surface area contributed by atoms with Gasteiger partial charge in [-0.05, 0) is 246 Å². The molecule has 1 nitrogen and oxygen atoms in total. The smallest absolute Gasteiger partial charge is 0.126 e. The van der Waals surface area contributed by atoms with Gasteiger partial charge in [-0.3, -0.25) is 0 Å². The standard InChI is InChI=1S/3C16H30.C15H22O/c3*1-6-9-15(4)12-8-13-16(5)11-7-10-14(2)3;1-6-15(5)8-7-13-9-10(2)11(3)12(4)14(13)16-15/h3*9-10,16H,6-8,11-13H2,1-5H3;9H,6-8H2,1-5H3/b3*15-9+;/t;;;15-/m...1/s1.